The van der Waals surface area contributed by atoms with Gasteiger partial charge in [-0.2, -0.15) is 0 Å². The van der Waals surface area contributed by atoms with Crippen molar-refractivity contribution in [3.05, 3.63) is 35.9 Å². The summed E-state index contributed by atoms with van der Waals surface area (Å²) in [7, 11) is -2.92. The largest absolute Gasteiger partial charge is 0.469 e. The van der Waals surface area contributed by atoms with E-state index in [2.05, 4.69) is 0 Å². The van der Waals surface area contributed by atoms with Gasteiger partial charge in [-0.1, -0.05) is 30.3 Å². The number of ether oxygens (including phenoxy) is 1. The predicted octanol–water partition coefficient (Wildman–Crippen LogP) is 1.74. The van der Waals surface area contributed by atoms with Crippen molar-refractivity contribution < 1.29 is 23.6 Å². The fourth-order valence-electron chi connectivity index (χ4n) is 1.51. The van der Waals surface area contributed by atoms with Gasteiger partial charge in [-0.15, -0.1) is 0 Å². The Balaban J connectivity index is 2.60. The summed E-state index contributed by atoms with van der Waals surface area (Å²) < 4.78 is 20.4. The predicted molar refractivity (Wildman–Crippen MR) is 63.6 cm³/mol. The first-order chi connectivity index (χ1) is 8.01. The first-order valence-electron chi connectivity index (χ1n) is 5.28. The number of phosphoric acid groups is 1. The number of phosphoric ester groups is 1. The van der Waals surface area contributed by atoms with Crippen LogP contribution in [-0.4, -0.2) is 29.6 Å². The highest BCUT2D eigenvalue weighted by molar-refractivity contribution is 7.46. The highest BCUT2D eigenvalue weighted by atomic mass is 31.2. The van der Waals surface area contributed by atoms with E-state index in [-0.39, 0.29) is 0 Å². The molecule has 1 unspecified atom stereocenters. The lowest BCUT2D eigenvalue weighted by molar-refractivity contribution is 0.0947. The summed E-state index contributed by atoms with van der Waals surface area (Å²) in [6, 6.07) is 9.42. The lowest BCUT2D eigenvalue weighted by atomic mass is 10.1. The number of methoxy groups -OCH3 is 1. The quantitative estimate of drug-likeness (QED) is 0.730. The number of hydrogen-bond acceptors (Lipinski definition) is 3. The van der Waals surface area contributed by atoms with Crippen LogP contribution in [0.1, 0.15) is 12.0 Å². The van der Waals surface area contributed by atoms with Gasteiger partial charge in [0.1, 0.15) is 0 Å². The van der Waals surface area contributed by atoms with E-state index in [0.717, 1.165) is 5.56 Å². The molecule has 0 bridgehead atoms. The maximum atomic E-state index is 10.8. The van der Waals surface area contributed by atoms with Crippen molar-refractivity contribution in [2.75, 3.05) is 13.7 Å². The van der Waals surface area contributed by atoms with Crippen LogP contribution in [0.25, 0.3) is 0 Å². The monoisotopic (exact) mass is 260 g/mol. The maximum absolute atomic E-state index is 10.8. The van der Waals surface area contributed by atoms with Gasteiger partial charge in [-0.05, 0) is 18.4 Å². The Labute approximate surface area is 101 Å². The first kappa shape index (κ1) is 14.4. The van der Waals surface area contributed by atoms with Crippen molar-refractivity contribution in [2.24, 2.45) is 0 Å². The fourth-order valence-corrected chi connectivity index (χ4v) is 2.08. The van der Waals surface area contributed by atoms with Crippen LogP contribution in [0, 0.1) is 0 Å². The minimum atomic E-state index is -4.45. The van der Waals surface area contributed by atoms with Gasteiger partial charge in [0, 0.05) is 13.7 Å². The second-order valence-electron chi connectivity index (χ2n) is 3.69. The molecule has 0 saturated carbocycles. The van der Waals surface area contributed by atoms with Gasteiger partial charge in [-0.3, -0.25) is 4.52 Å². The Bertz CT molecular complexity index is 361. The molecule has 0 spiro atoms. The standard InChI is InChI=1S/C11H17O5P/c1-15-8-7-11(16-17(12,13)14)9-10-5-3-2-4-6-10/h2-6,11H,7-9H2,1H3,(H2,12,13,14). The van der Waals surface area contributed by atoms with Gasteiger partial charge >= 0.3 is 7.82 Å². The van der Waals surface area contributed by atoms with E-state index in [4.69, 9.17) is 19.0 Å². The Kier molecular flexibility index (Phi) is 5.82. The van der Waals surface area contributed by atoms with Crippen molar-refractivity contribution in [2.45, 2.75) is 18.9 Å². The van der Waals surface area contributed by atoms with Crippen molar-refractivity contribution in [1.82, 2.24) is 0 Å². The summed E-state index contributed by atoms with van der Waals surface area (Å²) in [5.41, 5.74) is 0.974. The number of hydrogen-bond donors (Lipinski definition) is 2. The lowest BCUT2D eigenvalue weighted by Crippen LogP contribution is -2.17. The molecule has 0 radical (unpaired) electrons. The van der Waals surface area contributed by atoms with Crippen molar-refractivity contribution in [3.8, 4) is 0 Å². The zero-order chi connectivity index (χ0) is 12.7. The Morgan fingerprint density at radius 3 is 2.47 bits per heavy atom. The van der Waals surface area contributed by atoms with E-state index in [0.29, 0.717) is 19.4 Å². The van der Waals surface area contributed by atoms with Crippen LogP contribution in [0.4, 0.5) is 0 Å². The molecule has 5 nitrogen and oxygen atoms in total. The van der Waals surface area contributed by atoms with Gasteiger partial charge in [0.15, 0.2) is 0 Å². The minimum Gasteiger partial charge on any atom is -0.385 e. The van der Waals surface area contributed by atoms with E-state index in [9.17, 15) is 4.57 Å². The van der Waals surface area contributed by atoms with E-state index in [1.54, 1.807) is 0 Å². The molecule has 0 aliphatic heterocycles. The molecular weight excluding hydrogens is 243 g/mol. The summed E-state index contributed by atoms with van der Waals surface area (Å²) >= 11 is 0. The molecule has 1 atom stereocenters. The molecule has 0 aliphatic carbocycles. The highest BCUT2D eigenvalue weighted by Gasteiger charge is 2.22. The molecule has 0 fully saturated rings. The highest BCUT2D eigenvalue weighted by Crippen LogP contribution is 2.38. The number of benzene rings is 1. The van der Waals surface area contributed by atoms with Crippen LogP contribution in [0.15, 0.2) is 30.3 Å². The molecule has 0 amide bonds. The van der Waals surface area contributed by atoms with Gasteiger partial charge in [0.25, 0.3) is 0 Å². The van der Waals surface area contributed by atoms with Crippen molar-refractivity contribution >= 4 is 7.82 Å². The van der Waals surface area contributed by atoms with E-state index in [1.807, 2.05) is 30.3 Å². The Morgan fingerprint density at radius 1 is 1.29 bits per heavy atom. The summed E-state index contributed by atoms with van der Waals surface area (Å²) in [5, 5.41) is 0. The molecule has 1 rings (SSSR count). The fraction of sp³-hybridized carbons (Fsp3) is 0.455. The van der Waals surface area contributed by atoms with Crippen LogP contribution < -0.4 is 0 Å². The van der Waals surface area contributed by atoms with Gasteiger partial charge in [-0.25, -0.2) is 4.57 Å². The smallest absolute Gasteiger partial charge is 0.385 e. The zero-order valence-corrected chi connectivity index (χ0v) is 10.5. The molecule has 1 aromatic carbocycles. The second kappa shape index (κ2) is 6.89. The molecule has 6 heteroatoms. The van der Waals surface area contributed by atoms with Gasteiger partial charge in [0.05, 0.1) is 6.10 Å². The average Bonchev–Trinajstić information content (AvgIpc) is 2.25. The Hall–Kier alpha value is -0.710. The Morgan fingerprint density at radius 2 is 1.94 bits per heavy atom. The van der Waals surface area contributed by atoms with Crippen LogP contribution in [0.5, 0.6) is 0 Å². The molecule has 2 N–H and O–H groups in total. The molecule has 0 heterocycles. The van der Waals surface area contributed by atoms with Crippen molar-refractivity contribution in [1.29, 1.82) is 0 Å². The molecule has 96 valence electrons. The first-order valence-corrected chi connectivity index (χ1v) is 6.81. The third-order valence-corrected chi connectivity index (χ3v) is 2.81. The average molecular weight is 260 g/mol. The zero-order valence-electron chi connectivity index (χ0n) is 9.65. The normalized spacial score (nSPS) is 13.6. The topological polar surface area (TPSA) is 76.0 Å². The van der Waals surface area contributed by atoms with E-state index >= 15 is 0 Å². The third kappa shape index (κ3) is 6.56. The minimum absolute atomic E-state index is 0.400. The SMILES string of the molecule is COCCC(Cc1ccccc1)OP(=O)(O)O. The summed E-state index contributed by atoms with van der Waals surface area (Å²) in [6.07, 6.45) is 0.351. The van der Waals surface area contributed by atoms with Crippen LogP contribution in [0.2, 0.25) is 0 Å². The van der Waals surface area contributed by atoms with Gasteiger partial charge < -0.3 is 14.5 Å². The van der Waals surface area contributed by atoms with Crippen LogP contribution >= 0.6 is 7.82 Å². The molecule has 1 aromatic rings. The molecule has 0 aromatic heterocycles. The lowest BCUT2D eigenvalue weighted by Gasteiger charge is -2.17. The van der Waals surface area contributed by atoms with Crippen LogP contribution in [-0.2, 0) is 20.2 Å². The van der Waals surface area contributed by atoms with Gasteiger partial charge in [0.2, 0.25) is 0 Å². The van der Waals surface area contributed by atoms with Crippen molar-refractivity contribution in [3.63, 3.8) is 0 Å². The molecule has 17 heavy (non-hydrogen) atoms. The molecule has 0 saturated heterocycles. The van der Waals surface area contributed by atoms with E-state index in [1.165, 1.54) is 7.11 Å². The second-order valence-corrected chi connectivity index (χ2v) is 4.88. The summed E-state index contributed by atoms with van der Waals surface area (Å²) in [6.45, 7) is 0.400. The maximum Gasteiger partial charge on any atom is 0.469 e. The summed E-state index contributed by atoms with van der Waals surface area (Å²) in [4.78, 5) is 17.6. The summed E-state index contributed by atoms with van der Waals surface area (Å²) in [5.74, 6) is 0. The molecule has 0 aliphatic rings. The third-order valence-electron chi connectivity index (χ3n) is 2.24. The van der Waals surface area contributed by atoms with Crippen LogP contribution in [0.3, 0.4) is 0 Å². The molecular formula is C11H17O5P. The number of rotatable bonds is 7. The van der Waals surface area contributed by atoms with E-state index < -0.39 is 13.9 Å².